The van der Waals surface area contributed by atoms with Crippen LogP contribution in [0.15, 0.2) is 35.2 Å². The normalized spacial score (nSPS) is 16.5. The summed E-state index contributed by atoms with van der Waals surface area (Å²) in [5, 5.41) is 19.8. The van der Waals surface area contributed by atoms with E-state index in [-0.39, 0.29) is 23.4 Å². The van der Waals surface area contributed by atoms with E-state index in [0.717, 1.165) is 6.07 Å². The third kappa shape index (κ3) is 2.65. The second kappa shape index (κ2) is 5.80. The molecule has 0 aromatic heterocycles. The van der Waals surface area contributed by atoms with Gasteiger partial charge in [0.1, 0.15) is 11.3 Å². The minimum atomic E-state index is -3.88. The van der Waals surface area contributed by atoms with Crippen molar-refractivity contribution in [1.82, 2.24) is 4.31 Å². The van der Waals surface area contributed by atoms with Crippen LogP contribution in [0.1, 0.15) is 10.4 Å². The average molecular weight is 337 g/mol. The van der Waals surface area contributed by atoms with Gasteiger partial charge in [0, 0.05) is 23.9 Å². The van der Waals surface area contributed by atoms with Crippen LogP contribution in [0, 0.1) is 0 Å². The fourth-order valence-electron chi connectivity index (χ4n) is 2.63. The second-order valence-corrected chi connectivity index (χ2v) is 7.04. The van der Waals surface area contributed by atoms with Crippen molar-refractivity contribution in [2.75, 3.05) is 26.3 Å². The summed E-state index contributed by atoms with van der Waals surface area (Å²) in [6, 6.07) is 7.31. The highest BCUT2D eigenvalue weighted by Crippen LogP contribution is 2.35. The van der Waals surface area contributed by atoms with E-state index < -0.39 is 27.3 Å². The highest BCUT2D eigenvalue weighted by Gasteiger charge is 2.30. The Bertz CT molecular complexity index is 871. The van der Waals surface area contributed by atoms with E-state index in [1.165, 1.54) is 10.4 Å². The van der Waals surface area contributed by atoms with Crippen molar-refractivity contribution < 1.29 is 28.2 Å². The minimum absolute atomic E-state index is 0.120. The lowest BCUT2D eigenvalue weighted by atomic mass is 10.1. The fourth-order valence-corrected chi connectivity index (χ4v) is 4.26. The largest absolute Gasteiger partial charge is 0.506 e. The second-order valence-electron chi connectivity index (χ2n) is 5.14. The molecule has 1 heterocycles. The van der Waals surface area contributed by atoms with Crippen LogP contribution in [0.3, 0.4) is 0 Å². The molecule has 0 saturated carbocycles. The first-order valence-corrected chi connectivity index (χ1v) is 8.43. The molecule has 0 unspecified atom stereocenters. The summed E-state index contributed by atoms with van der Waals surface area (Å²) in [5.41, 5.74) is -0.435. The lowest BCUT2D eigenvalue weighted by Crippen LogP contribution is -2.40. The predicted molar refractivity (Wildman–Crippen MR) is 82.1 cm³/mol. The maximum absolute atomic E-state index is 12.9. The highest BCUT2D eigenvalue weighted by atomic mass is 32.2. The van der Waals surface area contributed by atoms with Crippen LogP contribution >= 0.6 is 0 Å². The van der Waals surface area contributed by atoms with E-state index >= 15 is 0 Å². The predicted octanol–water partition coefficient (Wildman–Crippen LogP) is 1.26. The number of aromatic hydroxyl groups is 1. The summed E-state index contributed by atoms with van der Waals surface area (Å²) in [6.07, 6.45) is 0. The van der Waals surface area contributed by atoms with E-state index in [0.29, 0.717) is 18.6 Å². The molecule has 1 fully saturated rings. The number of morpholine rings is 1. The van der Waals surface area contributed by atoms with Crippen molar-refractivity contribution in [2.24, 2.45) is 0 Å². The van der Waals surface area contributed by atoms with E-state index in [1.807, 2.05) is 0 Å². The van der Waals surface area contributed by atoms with Crippen molar-refractivity contribution in [3.8, 4) is 5.75 Å². The molecule has 2 aromatic rings. The molecule has 7 nitrogen and oxygen atoms in total. The number of hydrogen-bond donors (Lipinski definition) is 2. The molecule has 1 saturated heterocycles. The van der Waals surface area contributed by atoms with Gasteiger partial charge >= 0.3 is 5.97 Å². The average Bonchev–Trinajstić information content (AvgIpc) is 2.55. The van der Waals surface area contributed by atoms with Crippen molar-refractivity contribution in [3.05, 3.63) is 35.9 Å². The smallest absolute Gasteiger partial charge is 0.339 e. The topological polar surface area (TPSA) is 104 Å². The zero-order chi connectivity index (χ0) is 16.6. The molecule has 1 aliphatic rings. The SMILES string of the molecule is O=C(O)c1cc(S(=O)(=O)N2CCOCC2)c2ccccc2c1O. The molecule has 3 rings (SSSR count). The Balaban J connectivity index is 2.28. The van der Waals surface area contributed by atoms with E-state index in [9.17, 15) is 23.4 Å². The number of rotatable bonds is 3. The van der Waals surface area contributed by atoms with Gasteiger partial charge in [0.2, 0.25) is 10.0 Å². The van der Waals surface area contributed by atoms with Crippen molar-refractivity contribution >= 4 is 26.8 Å². The minimum Gasteiger partial charge on any atom is -0.506 e. The molecule has 23 heavy (non-hydrogen) atoms. The van der Waals surface area contributed by atoms with Crippen molar-refractivity contribution in [3.63, 3.8) is 0 Å². The molecule has 0 aliphatic carbocycles. The third-order valence-corrected chi connectivity index (χ3v) is 5.74. The first-order valence-electron chi connectivity index (χ1n) is 6.99. The summed E-state index contributed by atoms with van der Waals surface area (Å²) < 4.78 is 32.2. The summed E-state index contributed by atoms with van der Waals surface area (Å²) in [4.78, 5) is 11.2. The third-order valence-electron chi connectivity index (χ3n) is 3.80. The molecule has 0 spiro atoms. The van der Waals surface area contributed by atoms with Crippen LogP contribution in [-0.4, -0.2) is 55.2 Å². The Morgan fingerprint density at radius 3 is 2.35 bits per heavy atom. The molecular formula is C15H15NO6S. The van der Waals surface area contributed by atoms with Crippen molar-refractivity contribution in [2.45, 2.75) is 4.90 Å². The number of carboxylic acids is 1. The number of ether oxygens (including phenoxy) is 1. The van der Waals surface area contributed by atoms with E-state index in [4.69, 9.17) is 4.74 Å². The van der Waals surface area contributed by atoms with Gasteiger partial charge in [-0.3, -0.25) is 0 Å². The number of hydrogen-bond acceptors (Lipinski definition) is 5. The lowest BCUT2D eigenvalue weighted by Gasteiger charge is -2.26. The fraction of sp³-hybridized carbons (Fsp3) is 0.267. The highest BCUT2D eigenvalue weighted by molar-refractivity contribution is 7.89. The van der Waals surface area contributed by atoms with Gasteiger partial charge in [-0.2, -0.15) is 4.31 Å². The van der Waals surface area contributed by atoms with Crippen LogP contribution in [0.2, 0.25) is 0 Å². The summed E-state index contributed by atoms with van der Waals surface area (Å²) in [6.45, 7) is 1.00. The molecular weight excluding hydrogens is 322 g/mol. The molecule has 8 heteroatoms. The lowest BCUT2D eigenvalue weighted by molar-refractivity contribution is 0.0693. The molecule has 122 valence electrons. The number of carboxylic acid groups (broad SMARTS) is 1. The van der Waals surface area contributed by atoms with Crippen molar-refractivity contribution in [1.29, 1.82) is 0 Å². The maximum Gasteiger partial charge on any atom is 0.339 e. The first-order chi connectivity index (χ1) is 10.9. The van der Waals surface area contributed by atoms with Gasteiger partial charge < -0.3 is 14.9 Å². The molecule has 0 amide bonds. The Kier molecular flexibility index (Phi) is 3.97. The van der Waals surface area contributed by atoms with Gasteiger partial charge in [-0.1, -0.05) is 24.3 Å². The molecule has 0 radical (unpaired) electrons. The van der Waals surface area contributed by atoms with E-state index in [2.05, 4.69) is 0 Å². The Hall–Kier alpha value is -2.16. The zero-order valence-electron chi connectivity index (χ0n) is 12.1. The number of sulfonamides is 1. The summed E-state index contributed by atoms with van der Waals surface area (Å²) >= 11 is 0. The van der Waals surface area contributed by atoms with Gasteiger partial charge in [-0.05, 0) is 6.07 Å². The number of benzene rings is 2. The van der Waals surface area contributed by atoms with Gasteiger partial charge in [-0.15, -0.1) is 0 Å². The standard InChI is InChI=1S/C15H15NO6S/c17-14-11-4-2-1-3-10(11)13(9-12(14)15(18)19)23(20,21)16-5-7-22-8-6-16/h1-4,9,17H,5-8H2,(H,18,19). The number of carbonyl (C=O) groups is 1. The van der Waals surface area contributed by atoms with E-state index in [1.54, 1.807) is 18.2 Å². The van der Waals surface area contributed by atoms with Crippen LogP contribution in [0.4, 0.5) is 0 Å². The molecule has 0 atom stereocenters. The molecule has 0 bridgehead atoms. The quantitative estimate of drug-likeness (QED) is 0.874. The Labute approximate surface area is 132 Å². The van der Waals surface area contributed by atoms with Crippen LogP contribution in [0.5, 0.6) is 5.75 Å². The zero-order valence-corrected chi connectivity index (χ0v) is 12.9. The molecule has 2 N–H and O–H groups in total. The number of nitrogens with zero attached hydrogens (tertiary/aromatic N) is 1. The number of fused-ring (bicyclic) bond motifs is 1. The van der Waals surface area contributed by atoms with Gasteiger partial charge in [0.05, 0.1) is 18.1 Å². The van der Waals surface area contributed by atoms with Crippen LogP contribution in [0.25, 0.3) is 10.8 Å². The first kappa shape index (κ1) is 15.7. The molecule has 1 aliphatic heterocycles. The van der Waals surface area contributed by atoms with Crippen LogP contribution < -0.4 is 0 Å². The monoisotopic (exact) mass is 337 g/mol. The van der Waals surface area contributed by atoms with Crippen LogP contribution in [-0.2, 0) is 14.8 Å². The Morgan fingerprint density at radius 2 is 1.74 bits per heavy atom. The van der Waals surface area contributed by atoms with Gasteiger partial charge in [0.15, 0.2) is 0 Å². The number of phenols is 1. The summed E-state index contributed by atoms with van der Waals surface area (Å²) in [7, 11) is -3.88. The molecule has 2 aromatic carbocycles. The Morgan fingerprint density at radius 1 is 1.13 bits per heavy atom. The number of aromatic carboxylic acids is 1. The van der Waals surface area contributed by atoms with Gasteiger partial charge in [-0.25, -0.2) is 13.2 Å². The summed E-state index contributed by atoms with van der Waals surface area (Å²) in [5.74, 6) is -1.82. The maximum atomic E-state index is 12.9. The van der Waals surface area contributed by atoms with Gasteiger partial charge in [0.25, 0.3) is 0 Å².